The number of rotatable bonds is 3. The van der Waals surface area contributed by atoms with Crippen molar-refractivity contribution in [3.8, 4) is 0 Å². The molecule has 4 rings (SSSR count). The number of hydrogen-bond donors (Lipinski definition) is 2. The highest BCUT2D eigenvalue weighted by atomic mass is 32.1. The van der Waals surface area contributed by atoms with Crippen LogP contribution < -0.4 is 10.2 Å². The van der Waals surface area contributed by atoms with Crippen LogP contribution in [0.25, 0.3) is 0 Å². The van der Waals surface area contributed by atoms with Crippen molar-refractivity contribution in [1.29, 1.82) is 0 Å². The highest BCUT2D eigenvalue weighted by Gasteiger charge is 2.41. The van der Waals surface area contributed by atoms with Gasteiger partial charge in [0.1, 0.15) is 0 Å². The average molecular weight is 377 g/mol. The monoisotopic (exact) mass is 376 g/mol. The summed E-state index contributed by atoms with van der Waals surface area (Å²) in [5.41, 5.74) is 8.21. The predicted octanol–water partition coefficient (Wildman–Crippen LogP) is 4.82. The third kappa shape index (κ3) is 3.12. The van der Waals surface area contributed by atoms with Gasteiger partial charge in [-0.1, -0.05) is 12.1 Å². The zero-order valence-electron chi connectivity index (χ0n) is 16.1. The van der Waals surface area contributed by atoms with E-state index < -0.39 is 0 Å². The summed E-state index contributed by atoms with van der Waals surface area (Å²) in [7, 11) is 0. The lowest BCUT2D eigenvalue weighted by molar-refractivity contribution is 0.566. The largest absolute Gasteiger partial charge is 0.362 e. The lowest BCUT2D eigenvalue weighted by Gasteiger charge is -2.28. The molecule has 4 nitrogen and oxygen atoms in total. The first-order valence-corrected chi connectivity index (χ1v) is 9.60. The smallest absolute Gasteiger partial charge is 0.174 e. The molecule has 0 bridgehead atoms. The summed E-state index contributed by atoms with van der Waals surface area (Å²) < 4.78 is 0. The molecule has 0 radical (unpaired) electrons. The van der Waals surface area contributed by atoms with Crippen LogP contribution in [0.2, 0.25) is 0 Å². The summed E-state index contributed by atoms with van der Waals surface area (Å²) in [4.78, 5) is 10.3. The molecule has 0 unspecified atom stereocenters. The number of nitrogens with zero attached hydrogens (tertiary/aromatic N) is 2. The molecule has 2 aromatic heterocycles. The molecule has 0 aliphatic carbocycles. The number of nitrogens with one attached hydrogen (secondary N) is 2. The fourth-order valence-electron chi connectivity index (χ4n) is 3.88. The molecule has 2 atom stereocenters. The molecule has 2 N–H and O–H groups in total. The Balaban J connectivity index is 1.87. The standard InChI is InChI=1S/C22H24N4S/c1-13-8-9-17(11-14(13)2)26-21(18-12-15(3)24-16(18)4)20(25-22(26)27)19-7-5-6-10-23-19/h5-12,20-21,24H,1-4H3,(H,25,27)/t20-,21-/m1/s1. The number of thiocarbonyl (C=S) groups is 1. The summed E-state index contributed by atoms with van der Waals surface area (Å²) >= 11 is 5.78. The molecule has 1 fully saturated rings. The van der Waals surface area contributed by atoms with Crippen molar-refractivity contribution < 1.29 is 0 Å². The van der Waals surface area contributed by atoms with Crippen LogP contribution in [0.1, 0.15) is 45.9 Å². The van der Waals surface area contributed by atoms with E-state index in [0.717, 1.165) is 22.2 Å². The minimum Gasteiger partial charge on any atom is -0.362 e. The van der Waals surface area contributed by atoms with Gasteiger partial charge in [-0.3, -0.25) is 4.98 Å². The number of hydrogen-bond acceptors (Lipinski definition) is 2. The fourth-order valence-corrected chi connectivity index (χ4v) is 4.22. The van der Waals surface area contributed by atoms with Gasteiger partial charge in [-0.05, 0) is 86.9 Å². The molecular weight excluding hydrogens is 352 g/mol. The van der Waals surface area contributed by atoms with E-state index in [1.807, 2.05) is 18.3 Å². The summed E-state index contributed by atoms with van der Waals surface area (Å²) in [6.07, 6.45) is 1.84. The first kappa shape index (κ1) is 17.7. The lowest BCUT2D eigenvalue weighted by Crippen LogP contribution is -2.29. The lowest BCUT2D eigenvalue weighted by atomic mass is 9.96. The summed E-state index contributed by atoms with van der Waals surface area (Å²) in [6.45, 7) is 8.49. The van der Waals surface area contributed by atoms with Gasteiger partial charge in [-0.2, -0.15) is 0 Å². The van der Waals surface area contributed by atoms with Crippen molar-refractivity contribution in [2.45, 2.75) is 39.8 Å². The van der Waals surface area contributed by atoms with Gasteiger partial charge < -0.3 is 15.2 Å². The second-order valence-corrected chi connectivity index (χ2v) is 7.68. The van der Waals surface area contributed by atoms with Gasteiger partial charge in [-0.25, -0.2) is 0 Å². The number of aryl methyl sites for hydroxylation is 4. The first-order valence-electron chi connectivity index (χ1n) is 9.19. The van der Waals surface area contributed by atoms with Crippen LogP contribution in [0.3, 0.4) is 0 Å². The highest BCUT2D eigenvalue weighted by molar-refractivity contribution is 7.80. The van der Waals surface area contributed by atoms with Gasteiger partial charge in [0.05, 0.1) is 17.8 Å². The Kier molecular flexibility index (Phi) is 4.48. The molecule has 5 heteroatoms. The Morgan fingerprint density at radius 1 is 1.00 bits per heavy atom. The van der Waals surface area contributed by atoms with Crippen molar-refractivity contribution in [2.75, 3.05) is 4.90 Å². The molecule has 0 amide bonds. The van der Waals surface area contributed by atoms with Crippen molar-refractivity contribution in [2.24, 2.45) is 0 Å². The van der Waals surface area contributed by atoms with Crippen LogP contribution in [0, 0.1) is 27.7 Å². The Labute approximate surface area is 165 Å². The highest BCUT2D eigenvalue weighted by Crippen LogP contribution is 2.42. The van der Waals surface area contributed by atoms with Crippen molar-refractivity contribution >= 4 is 23.0 Å². The molecule has 3 heterocycles. The number of aromatic nitrogens is 2. The quantitative estimate of drug-likeness (QED) is 0.643. The van der Waals surface area contributed by atoms with Crippen molar-refractivity contribution in [1.82, 2.24) is 15.3 Å². The van der Waals surface area contributed by atoms with E-state index in [4.69, 9.17) is 12.2 Å². The predicted molar refractivity (Wildman–Crippen MR) is 114 cm³/mol. The Hall–Kier alpha value is -2.66. The van der Waals surface area contributed by atoms with Gasteiger partial charge in [0.15, 0.2) is 5.11 Å². The maximum Gasteiger partial charge on any atom is 0.174 e. The van der Waals surface area contributed by atoms with Crippen molar-refractivity contribution in [3.63, 3.8) is 0 Å². The molecule has 27 heavy (non-hydrogen) atoms. The maximum absolute atomic E-state index is 5.78. The number of benzene rings is 1. The van der Waals surface area contributed by atoms with E-state index in [1.165, 1.54) is 22.4 Å². The van der Waals surface area contributed by atoms with Crippen LogP contribution in [0.15, 0.2) is 48.7 Å². The molecule has 1 aromatic carbocycles. The van der Waals surface area contributed by atoms with E-state index in [1.54, 1.807) is 0 Å². The van der Waals surface area contributed by atoms with Crippen LogP contribution in [0.4, 0.5) is 5.69 Å². The molecule has 0 spiro atoms. The summed E-state index contributed by atoms with van der Waals surface area (Å²) in [6, 6.07) is 14.8. The molecule has 1 aliphatic heterocycles. The normalized spacial score (nSPS) is 19.4. The zero-order chi connectivity index (χ0) is 19.1. The minimum absolute atomic E-state index is 0.00536. The minimum atomic E-state index is -0.00536. The van der Waals surface area contributed by atoms with Crippen LogP contribution in [-0.4, -0.2) is 15.1 Å². The number of pyridine rings is 1. The Morgan fingerprint density at radius 2 is 1.81 bits per heavy atom. The zero-order valence-corrected chi connectivity index (χ0v) is 16.9. The van der Waals surface area contributed by atoms with E-state index in [2.05, 4.69) is 78.2 Å². The van der Waals surface area contributed by atoms with Gasteiger partial charge >= 0.3 is 0 Å². The van der Waals surface area contributed by atoms with Gasteiger partial charge in [0, 0.05) is 23.3 Å². The van der Waals surface area contributed by atoms with Crippen molar-refractivity contribution in [3.05, 3.63) is 82.4 Å². The third-order valence-corrected chi connectivity index (χ3v) is 5.69. The van der Waals surface area contributed by atoms with Gasteiger partial charge in [0.2, 0.25) is 0 Å². The summed E-state index contributed by atoms with van der Waals surface area (Å²) in [5.74, 6) is 0. The summed E-state index contributed by atoms with van der Waals surface area (Å²) in [5, 5.41) is 4.25. The van der Waals surface area contributed by atoms with E-state index in [9.17, 15) is 0 Å². The topological polar surface area (TPSA) is 44.0 Å². The van der Waals surface area contributed by atoms with E-state index in [0.29, 0.717) is 0 Å². The SMILES string of the molecule is Cc1cc([C@@H]2[C@@H](c3ccccn3)NC(=S)N2c2ccc(C)c(C)c2)c(C)[nH]1. The maximum atomic E-state index is 5.78. The molecule has 138 valence electrons. The molecular formula is C22H24N4S. The number of H-pyrrole nitrogens is 1. The van der Waals surface area contributed by atoms with E-state index >= 15 is 0 Å². The van der Waals surface area contributed by atoms with Gasteiger partial charge in [-0.15, -0.1) is 0 Å². The second kappa shape index (κ2) is 6.82. The van der Waals surface area contributed by atoms with Crippen LogP contribution in [0.5, 0.6) is 0 Å². The number of aromatic amines is 1. The van der Waals surface area contributed by atoms with E-state index in [-0.39, 0.29) is 12.1 Å². The third-order valence-electron chi connectivity index (χ3n) is 5.38. The average Bonchev–Trinajstić information content (AvgIpc) is 3.16. The fraction of sp³-hybridized carbons (Fsp3) is 0.273. The first-order chi connectivity index (χ1) is 13.0. The number of anilines is 1. The molecule has 3 aromatic rings. The van der Waals surface area contributed by atoms with Crippen LogP contribution >= 0.6 is 12.2 Å². The second-order valence-electron chi connectivity index (χ2n) is 7.30. The molecule has 1 saturated heterocycles. The van der Waals surface area contributed by atoms with Crippen LogP contribution in [-0.2, 0) is 0 Å². The molecule has 0 saturated carbocycles. The Bertz CT molecular complexity index is 993. The Morgan fingerprint density at radius 3 is 2.44 bits per heavy atom. The van der Waals surface area contributed by atoms with Gasteiger partial charge in [0.25, 0.3) is 0 Å². The molecule has 1 aliphatic rings.